The quantitative estimate of drug-likeness (QED) is 0.567. The molecule has 1 aromatic rings. The van der Waals surface area contributed by atoms with Crippen molar-refractivity contribution < 1.29 is 10.2 Å². The number of benzene rings is 1. The molecule has 0 bridgehead atoms. The second-order valence-electron chi connectivity index (χ2n) is 3.29. The minimum atomic E-state index is 0.179. The molecule has 0 saturated carbocycles. The first-order valence-electron chi connectivity index (χ1n) is 4.92. The van der Waals surface area contributed by atoms with Crippen LogP contribution in [0.1, 0.15) is 31.7 Å². The summed E-state index contributed by atoms with van der Waals surface area (Å²) in [7, 11) is 0. The number of phenols is 2. The van der Waals surface area contributed by atoms with E-state index in [0.717, 1.165) is 19.3 Å². The fourth-order valence-corrected chi connectivity index (χ4v) is 1.21. The molecule has 0 fully saturated rings. The molecule has 0 aliphatic carbocycles. The molecule has 1 aromatic carbocycles. The molecule has 0 saturated heterocycles. The molecule has 2 heteroatoms. The van der Waals surface area contributed by atoms with Crippen molar-refractivity contribution in [2.24, 2.45) is 0 Å². The van der Waals surface area contributed by atoms with Gasteiger partial charge in [0.1, 0.15) is 11.5 Å². The highest BCUT2D eigenvalue weighted by atomic mass is 16.3. The molecule has 14 heavy (non-hydrogen) atoms. The van der Waals surface area contributed by atoms with E-state index in [1.165, 1.54) is 12.1 Å². The largest absolute Gasteiger partial charge is 0.508 e. The number of phenolic OH excluding ortho intramolecular Hbond substituents is 2. The first-order valence-corrected chi connectivity index (χ1v) is 4.92. The number of hydrogen-bond acceptors (Lipinski definition) is 2. The van der Waals surface area contributed by atoms with Crippen LogP contribution in [-0.4, -0.2) is 10.2 Å². The molecule has 0 spiro atoms. The number of aromatic hydroxyl groups is 2. The van der Waals surface area contributed by atoms with Crippen molar-refractivity contribution in [1.82, 2.24) is 0 Å². The van der Waals surface area contributed by atoms with Crippen LogP contribution in [0.3, 0.4) is 0 Å². The van der Waals surface area contributed by atoms with Crippen LogP contribution in [0.5, 0.6) is 11.5 Å². The van der Waals surface area contributed by atoms with Crippen LogP contribution in [0.4, 0.5) is 0 Å². The molecule has 0 unspecified atom stereocenters. The van der Waals surface area contributed by atoms with Gasteiger partial charge in [-0.25, -0.2) is 0 Å². The Labute approximate surface area is 84.5 Å². The van der Waals surface area contributed by atoms with Crippen LogP contribution < -0.4 is 0 Å². The normalized spacial score (nSPS) is 10.9. The minimum absolute atomic E-state index is 0.179. The van der Waals surface area contributed by atoms with E-state index >= 15 is 0 Å². The molecule has 0 aliphatic rings. The smallest absolute Gasteiger partial charge is 0.123 e. The van der Waals surface area contributed by atoms with Crippen molar-refractivity contribution in [3.63, 3.8) is 0 Å². The van der Waals surface area contributed by atoms with Gasteiger partial charge < -0.3 is 10.2 Å². The molecule has 1 rings (SSSR count). The van der Waals surface area contributed by atoms with Crippen LogP contribution in [-0.2, 0) is 0 Å². The van der Waals surface area contributed by atoms with Crippen LogP contribution >= 0.6 is 0 Å². The lowest BCUT2D eigenvalue weighted by Crippen LogP contribution is -1.75. The Morgan fingerprint density at radius 1 is 1.29 bits per heavy atom. The first-order chi connectivity index (χ1) is 6.74. The summed E-state index contributed by atoms with van der Waals surface area (Å²) >= 11 is 0. The maximum atomic E-state index is 9.43. The molecule has 76 valence electrons. The van der Waals surface area contributed by atoms with E-state index in [-0.39, 0.29) is 11.5 Å². The van der Waals surface area contributed by atoms with Crippen LogP contribution in [0, 0.1) is 0 Å². The molecule has 0 radical (unpaired) electrons. The van der Waals surface area contributed by atoms with E-state index < -0.39 is 0 Å². The van der Waals surface area contributed by atoms with Crippen molar-refractivity contribution in [2.75, 3.05) is 0 Å². The monoisotopic (exact) mass is 192 g/mol. The maximum absolute atomic E-state index is 9.43. The third-order valence-electron chi connectivity index (χ3n) is 2.03. The average Bonchev–Trinajstić information content (AvgIpc) is 2.18. The Balaban J connectivity index is 2.65. The zero-order valence-corrected chi connectivity index (χ0v) is 8.40. The Morgan fingerprint density at radius 2 is 2.07 bits per heavy atom. The molecule has 2 N–H and O–H groups in total. The predicted molar refractivity (Wildman–Crippen MR) is 58.3 cm³/mol. The summed E-state index contributed by atoms with van der Waals surface area (Å²) in [4.78, 5) is 0. The average molecular weight is 192 g/mol. The second-order valence-corrected chi connectivity index (χ2v) is 3.29. The lowest BCUT2D eigenvalue weighted by atomic mass is 10.1. The number of rotatable bonds is 4. The van der Waals surface area contributed by atoms with Gasteiger partial charge in [0, 0.05) is 5.56 Å². The van der Waals surface area contributed by atoms with Gasteiger partial charge in [-0.05, 0) is 24.6 Å². The highest BCUT2D eigenvalue weighted by Gasteiger charge is 1.97. The molecule has 0 heterocycles. The van der Waals surface area contributed by atoms with Gasteiger partial charge in [0.2, 0.25) is 0 Å². The van der Waals surface area contributed by atoms with Gasteiger partial charge in [-0.3, -0.25) is 0 Å². The van der Waals surface area contributed by atoms with E-state index in [1.54, 1.807) is 6.07 Å². The van der Waals surface area contributed by atoms with Gasteiger partial charge in [0.15, 0.2) is 0 Å². The fraction of sp³-hybridized carbons (Fsp3) is 0.333. The van der Waals surface area contributed by atoms with Gasteiger partial charge in [-0.15, -0.1) is 0 Å². The second kappa shape index (κ2) is 5.32. The van der Waals surface area contributed by atoms with Crippen LogP contribution in [0.2, 0.25) is 0 Å². The van der Waals surface area contributed by atoms with E-state index in [2.05, 4.69) is 6.92 Å². The SMILES string of the molecule is CCCC/C=C/c1cc(O)ccc1O. The molecular weight excluding hydrogens is 176 g/mol. The van der Waals surface area contributed by atoms with E-state index in [4.69, 9.17) is 0 Å². The molecule has 0 atom stereocenters. The Morgan fingerprint density at radius 3 is 2.79 bits per heavy atom. The summed E-state index contributed by atoms with van der Waals surface area (Å²) in [5, 5.41) is 18.6. The van der Waals surface area contributed by atoms with E-state index in [0.29, 0.717) is 5.56 Å². The predicted octanol–water partition coefficient (Wildman–Crippen LogP) is 3.30. The number of allylic oxidation sites excluding steroid dienone is 1. The maximum Gasteiger partial charge on any atom is 0.123 e. The molecule has 0 amide bonds. The zero-order valence-electron chi connectivity index (χ0n) is 8.40. The highest BCUT2D eigenvalue weighted by molar-refractivity contribution is 5.58. The Hall–Kier alpha value is -1.44. The lowest BCUT2D eigenvalue weighted by molar-refractivity contribution is 0.459. The standard InChI is InChI=1S/C12H16O2/c1-2-3-4-5-6-10-9-11(13)7-8-12(10)14/h5-9,13-14H,2-4H2,1H3/b6-5+. The third kappa shape index (κ3) is 3.13. The molecule has 0 aromatic heterocycles. The van der Waals surface area contributed by atoms with E-state index in [9.17, 15) is 10.2 Å². The van der Waals surface area contributed by atoms with Crippen molar-refractivity contribution in [1.29, 1.82) is 0 Å². The number of unbranched alkanes of at least 4 members (excludes halogenated alkanes) is 2. The zero-order chi connectivity index (χ0) is 10.4. The Kier molecular flexibility index (Phi) is 4.05. The fourth-order valence-electron chi connectivity index (χ4n) is 1.21. The van der Waals surface area contributed by atoms with E-state index in [1.807, 2.05) is 12.2 Å². The molecular formula is C12H16O2. The first kappa shape index (κ1) is 10.6. The molecule has 2 nitrogen and oxygen atoms in total. The van der Waals surface area contributed by atoms with Gasteiger partial charge in [0.25, 0.3) is 0 Å². The van der Waals surface area contributed by atoms with Crippen molar-refractivity contribution in [3.05, 3.63) is 29.8 Å². The van der Waals surface area contributed by atoms with Gasteiger partial charge >= 0.3 is 0 Å². The Bertz CT molecular complexity index is 316. The summed E-state index contributed by atoms with van der Waals surface area (Å²) in [6.45, 7) is 2.14. The van der Waals surface area contributed by atoms with Crippen LogP contribution in [0.25, 0.3) is 6.08 Å². The summed E-state index contributed by atoms with van der Waals surface area (Å²) in [6, 6.07) is 4.52. The highest BCUT2D eigenvalue weighted by Crippen LogP contribution is 2.23. The van der Waals surface area contributed by atoms with Crippen LogP contribution in [0.15, 0.2) is 24.3 Å². The van der Waals surface area contributed by atoms with Crippen molar-refractivity contribution in [3.8, 4) is 11.5 Å². The summed E-state index contributed by atoms with van der Waals surface area (Å²) in [6.07, 6.45) is 7.17. The summed E-state index contributed by atoms with van der Waals surface area (Å²) in [5.74, 6) is 0.383. The van der Waals surface area contributed by atoms with Crippen molar-refractivity contribution in [2.45, 2.75) is 26.2 Å². The van der Waals surface area contributed by atoms with Gasteiger partial charge in [0.05, 0.1) is 0 Å². The third-order valence-corrected chi connectivity index (χ3v) is 2.03. The summed E-state index contributed by atoms with van der Waals surface area (Å²) in [5.41, 5.74) is 0.668. The van der Waals surface area contributed by atoms with Gasteiger partial charge in [-0.2, -0.15) is 0 Å². The summed E-state index contributed by atoms with van der Waals surface area (Å²) < 4.78 is 0. The van der Waals surface area contributed by atoms with Gasteiger partial charge in [-0.1, -0.05) is 31.9 Å². The minimum Gasteiger partial charge on any atom is -0.508 e. The molecule has 0 aliphatic heterocycles. The number of hydrogen-bond donors (Lipinski definition) is 2. The topological polar surface area (TPSA) is 40.5 Å². The lowest BCUT2D eigenvalue weighted by Gasteiger charge is -1.99. The van der Waals surface area contributed by atoms with Crippen molar-refractivity contribution >= 4 is 6.08 Å².